The van der Waals surface area contributed by atoms with Crippen molar-refractivity contribution in [2.75, 3.05) is 0 Å². The van der Waals surface area contributed by atoms with E-state index in [4.69, 9.17) is 4.79 Å². The summed E-state index contributed by atoms with van der Waals surface area (Å²) in [6.45, 7) is 0. The van der Waals surface area contributed by atoms with E-state index in [2.05, 4.69) is 4.40 Å². The first-order chi connectivity index (χ1) is 2.41. The molecule has 0 unspecified atom stereocenters. The van der Waals surface area contributed by atoms with Gasteiger partial charge in [0.05, 0.1) is 0 Å². The highest BCUT2D eigenvalue weighted by molar-refractivity contribution is 8.18. The molecule has 0 heterocycles. The second-order valence-electron chi connectivity index (χ2n) is 0.365. The van der Waals surface area contributed by atoms with E-state index < -0.39 is 0 Å². The van der Waals surface area contributed by atoms with Crippen LogP contribution in [-0.2, 0) is 4.79 Å². The molecule has 0 saturated carbocycles. The van der Waals surface area contributed by atoms with Gasteiger partial charge in [-0.3, -0.25) is 0 Å². The van der Waals surface area contributed by atoms with Crippen molar-refractivity contribution in [1.82, 2.24) is 0 Å². The Bertz CT molecular complexity index is 58.7. The van der Waals surface area contributed by atoms with Crippen LogP contribution in [-0.4, -0.2) is 15.5 Å². The molecule has 2 nitrogen and oxygen atoms in total. The number of nitrogens with zero attached hydrogens (tertiary/aromatic N) is 1. The molecule has 0 spiro atoms. The molecule has 0 aliphatic rings. The topological polar surface area (TPSA) is 29.4 Å². The van der Waals surface area contributed by atoms with Crippen LogP contribution in [0.5, 0.6) is 0 Å². The second-order valence-corrected chi connectivity index (χ2v) is 2.01. The summed E-state index contributed by atoms with van der Waals surface area (Å²) in [4.78, 5) is 9.11. The van der Waals surface area contributed by atoms with Gasteiger partial charge in [-0.1, -0.05) is 11.4 Å². The molecule has 0 rings (SSSR count). The summed E-state index contributed by atoms with van der Waals surface area (Å²) in [5.74, 6) is 0. The van der Waals surface area contributed by atoms with E-state index in [0.717, 1.165) is 9.39 Å². The fourth-order valence-electron chi connectivity index (χ4n) is 0.0373. The van der Waals surface area contributed by atoms with Gasteiger partial charge in [-0.2, -0.15) is 0 Å². The molecule has 0 amide bonds. The van der Waals surface area contributed by atoms with E-state index in [0.29, 0.717) is 0 Å². The van der Waals surface area contributed by atoms with Crippen molar-refractivity contribution in [3.05, 3.63) is 0 Å². The molecule has 0 aromatic rings. The van der Waals surface area contributed by atoms with Crippen molar-refractivity contribution in [2.45, 2.75) is 0 Å². The van der Waals surface area contributed by atoms with E-state index in [1.54, 1.807) is 0 Å². The monoisotopic (exact) mass is 105 g/mol. The van der Waals surface area contributed by atoms with Gasteiger partial charge in [0.1, 0.15) is 9.39 Å². The van der Waals surface area contributed by atoms with Gasteiger partial charge in [-0.15, -0.1) is 4.40 Å². The minimum atomic E-state index is 0.886. The van der Waals surface area contributed by atoms with Gasteiger partial charge in [0.2, 0.25) is 6.08 Å². The molecule has 0 aromatic heterocycles. The third-order valence-corrected chi connectivity index (χ3v) is 0.933. The van der Waals surface area contributed by atoms with Crippen molar-refractivity contribution in [3.8, 4) is 0 Å². The van der Waals surface area contributed by atoms with Crippen molar-refractivity contribution < 1.29 is 4.79 Å². The van der Waals surface area contributed by atoms with Gasteiger partial charge < -0.3 is 0 Å². The molecule has 0 atom stereocenters. The minimum absolute atomic E-state index is 0.886. The maximum absolute atomic E-state index is 9.11. The minimum Gasteiger partial charge on any atom is -0.210 e. The number of rotatable bonds is 1. The molecule has 28 valence electrons. The van der Waals surface area contributed by atoms with E-state index >= 15 is 0 Å². The lowest BCUT2D eigenvalue weighted by Crippen LogP contribution is -1.41. The van der Waals surface area contributed by atoms with Crippen molar-refractivity contribution >= 4 is 26.9 Å². The second kappa shape index (κ2) is 3.95. The highest BCUT2D eigenvalue weighted by Gasteiger charge is 1.52. The molecular weight excluding hydrogens is 102 g/mol. The van der Waals surface area contributed by atoms with Crippen LogP contribution in [0.1, 0.15) is 0 Å². The first-order valence-electron chi connectivity index (χ1n) is 1.02. The summed E-state index contributed by atoms with van der Waals surface area (Å²) in [6.07, 6.45) is 1.39. The molecule has 0 N–H and O–H groups in total. The third kappa shape index (κ3) is 3.95. The zero-order chi connectivity index (χ0) is 4.12. The Kier molecular flexibility index (Phi) is 3.90. The molecule has 4 heteroatoms. The van der Waals surface area contributed by atoms with Crippen molar-refractivity contribution in [2.24, 2.45) is 4.40 Å². The van der Waals surface area contributed by atoms with Crippen LogP contribution in [0.4, 0.5) is 0 Å². The summed E-state index contributed by atoms with van der Waals surface area (Å²) in [6, 6.07) is 0. The predicted octanol–water partition coefficient (Wildman–Crippen LogP) is -0.749. The van der Waals surface area contributed by atoms with Gasteiger partial charge in [0.25, 0.3) is 0 Å². The van der Waals surface area contributed by atoms with Crippen LogP contribution >= 0.6 is 11.4 Å². The van der Waals surface area contributed by atoms with Gasteiger partial charge in [0, 0.05) is 0 Å². The summed E-state index contributed by atoms with van der Waals surface area (Å²) in [5.41, 5.74) is 0. The molecule has 0 aliphatic carbocycles. The molecule has 0 fully saturated rings. The van der Waals surface area contributed by atoms with Gasteiger partial charge in [-0.25, -0.2) is 4.79 Å². The van der Waals surface area contributed by atoms with Crippen LogP contribution in [0, 0.1) is 0 Å². The Morgan fingerprint density at radius 2 is 2.60 bits per heavy atom. The van der Waals surface area contributed by atoms with Crippen LogP contribution in [0.15, 0.2) is 4.40 Å². The molecule has 0 aliphatic heterocycles. The largest absolute Gasteiger partial charge is 0.246 e. The fraction of sp³-hybridized carbons (Fsp3) is 0. The Balaban J connectivity index is 2.93. The van der Waals surface area contributed by atoms with E-state index in [1.165, 1.54) is 17.5 Å². The van der Waals surface area contributed by atoms with Crippen molar-refractivity contribution in [1.29, 1.82) is 0 Å². The lowest BCUT2D eigenvalue weighted by Gasteiger charge is -1.57. The number of carbonyl (C=O) groups excluding carboxylic acids is 1. The standard InChI is InChI=1S/CH3NOSSi/c3-1-2-4-5/h5H3. The average Bonchev–Trinajstić information content (AvgIpc) is 1.41. The normalized spacial score (nSPS) is 6.40. The molecule has 0 bridgehead atoms. The van der Waals surface area contributed by atoms with Crippen molar-refractivity contribution in [3.63, 3.8) is 0 Å². The first kappa shape index (κ1) is 4.95. The van der Waals surface area contributed by atoms with E-state index in [9.17, 15) is 0 Å². The van der Waals surface area contributed by atoms with Gasteiger partial charge in [0.15, 0.2) is 0 Å². The summed E-state index contributed by atoms with van der Waals surface area (Å²) >= 11 is 1.24. The Morgan fingerprint density at radius 1 is 2.00 bits per heavy atom. The molecule has 0 saturated heterocycles. The molecule has 0 radical (unpaired) electrons. The maximum atomic E-state index is 9.11. The zero-order valence-corrected chi connectivity index (χ0v) is 5.58. The van der Waals surface area contributed by atoms with Crippen LogP contribution in [0.2, 0.25) is 0 Å². The number of hydrogen-bond acceptors (Lipinski definition) is 3. The smallest absolute Gasteiger partial charge is 0.210 e. The van der Waals surface area contributed by atoms with Crippen LogP contribution < -0.4 is 0 Å². The third-order valence-electron chi connectivity index (χ3n) is 0.129. The van der Waals surface area contributed by atoms with Gasteiger partial charge >= 0.3 is 0 Å². The SMILES string of the molecule is O=C=NS[SiH3]. The molecule has 0 aromatic carbocycles. The van der Waals surface area contributed by atoms with Gasteiger partial charge in [-0.05, 0) is 0 Å². The fourth-order valence-corrected chi connectivity index (χ4v) is 0.335. The Labute approximate surface area is 36.9 Å². The quantitative estimate of drug-likeness (QED) is 0.190. The summed E-state index contributed by atoms with van der Waals surface area (Å²) in [7, 11) is 0.886. The highest BCUT2D eigenvalue weighted by Crippen LogP contribution is 1.83. The van der Waals surface area contributed by atoms with Crippen LogP contribution in [0.3, 0.4) is 0 Å². The Hall–Kier alpha value is -0.0531. The zero-order valence-electron chi connectivity index (χ0n) is 2.76. The summed E-state index contributed by atoms with van der Waals surface area (Å²) in [5, 5.41) is 0. The van der Waals surface area contributed by atoms with E-state index in [-0.39, 0.29) is 0 Å². The predicted molar refractivity (Wildman–Crippen MR) is 25.7 cm³/mol. The maximum Gasteiger partial charge on any atom is 0.246 e. The lowest BCUT2D eigenvalue weighted by atomic mass is 11.7. The molecular formula is CH3NOSSi. The lowest BCUT2D eigenvalue weighted by molar-refractivity contribution is 0.566. The first-order valence-corrected chi connectivity index (χ1v) is 4.65. The number of hydrogen-bond donors (Lipinski definition) is 0. The van der Waals surface area contributed by atoms with E-state index in [1.807, 2.05) is 0 Å². The molecule has 5 heavy (non-hydrogen) atoms. The van der Waals surface area contributed by atoms with Crippen LogP contribution in [0.25, 0.3) is 0 Å². The highest BCUT2D eigenvalue weighted by atomic mass is 32.4. The Morgan fingerprint density at radius 3 is 2.60 bits per heavy atom. The number of isocyanates is 1. The summed E-state index contributed by atoms with van der Waals surface area (Å²) < 4.78 is 3.15. The average molecular weight is 105 g/mol.